The first-order valence-electron chi connectivity index (χ1n) is 6.14. The number of rotatable bonds is 4. The third-order valence-corrected chi connectivity index (χ3v) is 4.25. The van der Waals surface area contributed by atoms with Crippen molar-refractivity contribution < 1.29 is 4.79 Å². The average Bonchev–Trinajstić information content (AvgIpc) is 2.96. The predicted molar refractivity (Wildman–Crippen MR) is 83.4 cm³/mol. The fourth-order valence-corrected chi connectivity index (χ4v) is 2.86. The molecule has 2 rings (SSSR count). The maximum Gasteiger partial charge on any atom is 0.228 e. The molecule has 1 fully saturated rings. The highest BCUT2D eigenvalue weighted by atomic mass is 35.5. The van der Waals surface area contributed by atoms with Crippen molar-refractivity contribution in [3.05, 3.63) is 16.1 Å². The lowest BCUT2D eigenvalue weighted by Crippen LogP contribution is -2.31. The number of aromatic nitrogens is 1. The van der Waals surface area contributed by atoms with Crippen LogP contribution >= 0.6 is 36.2 Å². The zero-order valence-electron chi connectivity index (χ0n) is 11.0. The number of halogens is 2. The number of thiazole rings is 1. The van der Waals surface area contributed by atoms with Crippen molar-refractivity contribution in [2.75, 3.05) is 19.6 Å². The minimum atomic E-state index is 0. The van der Waals surface area contributed by atoms with Crippen LogP contribution in [0.15, 0.2) is 5.38 Å². The van der Waals surface area contributed by atoms with Gasteiger partial charge < -0.3 is 10.6 Å². The van der Waals surface area contributed by atoms with Crippen LogP contribution < -0.4 is 5.73 Å². The number of nitrogens with zero attached hydrogens (tertiary/aromatic N) is 2. The molecule has 2 N–H and O–H groups in total. The third kappa shape index (κ3) is 4.91. The van der Waals surface area contributed by atoms with Gasteiger partial charge in [-0.2, -0.15) is 0 Å². The van der Waals surface area contributed by atoms with Crippen molar-refractivity contribution >= 4 is 42.1 Å². The van der Waals surface area contributed by atoms with Crippen LogP contribution in [0.3, 0.4) is 0 Å². The van der Waals surface area contributed by atoms with Crippen LogP contribution in [0.5, 0.6) is 0 Å². The summed E-state index contributed by atoms with van der Waals surface area (Å²) in [5, 5.41) is 3.10. The standard InChI is InChI=1S/C12H19N3OS.2ClH/c1-2-11-14-10(8-17-11)5-12(16)15-4-3-9(6-13)7-15;;/h8-9H,2-7,13H2,1H3;2*1H. The molecule has 0 radical (unpaired) electrons. The Labute approximate surface area is 130 Å². The second-order valence-corrected chi connectivity index (χ2v) is 5.44. The normalized spacial score (nSPS) is 17.8. The summed E-state index contributed by atoms with van der Waals surface area (Å²) >= 11 is 1.64. The SMILES string of the molecule is CCc1nc(CC(=O)N2CCC(CN)C2)cs1.Cl.Cl. The summed E-state index contributed by atoms with van der Waals surface area (Å²) in [6.45, 7) is 4.43. The maximum absolute atomic E-state index is 12.0. The van der Waals surface area contributed by atoms with E-state index in [2.05, 4.69) is 11.9 Å². The minimum absolute atomic E-state index is 0. The first-order valence-corrected chi connectivity index (χ1v) is 7.02. The van der Waals surface area contributed by atoms with E-state index in [0.717, 1.165) is 36.6 Å². The number of hydrogen-bond acceptors (Lipinski definition) is 4. The lowest BCUT2D eigenvalue weighted by atomic mass is 10.1. The molecule has 1 aliphatic rings. The molecule has 1 unspecified atom stereocenters. The molecule has 7 heteroatoms. The van der Waals surface area contributed by atoms with Crippen molar-refractivity contribution in [3.63, 3.8) is 0 Å². The van der Waals surface area contributed by atoms with Gasteiger partial charge in [0.2, 0.25) is 5.91 Å². The van der Waals surface area contributed by atoms with Gasteiger partial charge in [-0.25, -0.2) is 4.98 Å². The summed E-state index contributed by atoms with van der Waals surface area (Å²) in [6.07, 6.45) is 2.42. The Morgan fingerprint density at radius 3 is 2.84 bits per heavy atom. The number of nitrogens with two attached hydrogens (primary N) is 1. The van der Waals surface area contributed by atoms with E-state index in [1.165, 1.54) is 0 Å². The highest BCUT2D eigenvalue weighted by Gasteiger charge is 2.25. The Morgan fingerprint density at radius 1 is 1.58 bits per heavy atom. The van der Waals surface area contributed by atoms with E-state index in [0.29, 0.717) is 18.9 Å². The summed E-state index contributed by atoms with van der Waals surface area (Å²) in [7, 11) is 0. The average molecular weight is 326 g/mol. The molecule has 2 heterocycles. The van der Waals surface area contributed by atoms with Gasteiger partial charge in [-0.3, -0.25) is 4.79 Å². The van der Waals surface area contributed by atoms with Crippen molar-refractivity contribution in [3.8, 4) is 0 Å². The molecule has 1 saturated heterocycles. The van der Waals surface area contributed by atoms with E-state index >= 15 is 0 Å². The molecule has 1 aromatic heterocycles. The maximum atomic E-state index is 12.0. The van der Waals surface area contributed by atoms with E-state index in [9.17, 15) is 4.79 Å². The topological polar surface area (TPSA) is 59.2 Å². The molecule has 0 saturated carbocycles. The molecule has 0 spiro atoms. The Morgan fingerprint density at radius 2 is 2.32 bits per heavy atom. The Bertz CT molecular complexity index is 400. The summed E-state index contributed by atoms with van der Waals surface area (Å²) in [5.41, 5.74) is 6.53. The highest BCUT2D eigenvalue weighted by Crippen LogP contribution is 2.17. The molecule has 19 heavy (non-hydrogen) atoms. The summed E-state index contributed by atoms with van der Waals surface area (Å²) < 4.78 is 0. The van der Waals surface area contributed by atoms with Crippen LogP contribution in [-0.2, 0) is 17.6 Å². The monoisotopic (exact) mass is 325 g/mol. The van der Waals surface area contributed by atoms with Gasteiger partial charge in [0.1, 0.15) is 0 Å². The largest absolute Gasteiger partial charge is 0.342 e. The van der Waals surface area contributed by atoms with E-state index in [-0.39, 0.29) is 30.7 Å². The Balaban J connectivity index is 0.00000162. The van der Waals surface area contributed by atoms with Gasteiger partial charge in [-0.1, -0.05) is 6.92 Å². The molecule has 1 aliphatic heterocycles. The van der Waals surface area contributed by atoms with Crippen LogP contribution in [0.1, 0.15) is 24.0 Å². The second kappa shape index (κ2) is 8.74. The molecule has 0 bridgehead atoms. The predicted octanol–water partition coefficient (Wildman–Crippen LogP) is 1.90. The fourth-order valence-electron chi connectivity index (χ4n) is 2.11. The molecule has 4 nitrogen and oxygen atoms in total. The van der Waals surface area contributed by atoms with Crippen LogP contribution in [0.2, 0.25) is 0 Å². The van der Waals surface area contributed by atoms with Crippen molar-refractivity contribution in [2.45, 2.75) is 26.2 Å². The van der Waals surface area contributed by atoms with Gasteiger partial charge in [0.15, 0.2) is 0 Å². The summed E-state index contributed by atoms with van der Waals surface area (Å²) in [4.78, 5) is 18.4. The van der Waals surface area contributed by atoms with E-state index < -0.39 is 0 Å². The van der Waals surface area contributed by atoms with Gasteiger partial charge in [0.25, 0.3) is 0 Å². The first kappa shape index (κ1) is 18.6. The molecule has 1 atom stereocenters. The smallest absolute Gasteiger partial charge is 0.228 e. The van der Waals surface area contributed by atoms with Crippen LogP contribution in [0.4, 0.5) is 0 Å². The molecule has 0 aromatic carbocycles. The Hall–Kier alpha value is -0.360. The molecule has 1 aromatic rings. The first-order chi connectivity index (χ1) is 8.22. The second-order valence-electron chi connectivity index (χ2n) is 4.49. The van der Waals surface area contributed by atoms with Crippen LogP contribution in [-0.4, -0.2) is 35.4 Å². The van der Waals surface area contributed by atoms with Gasteiger partial charge in [-0.15, -0.1) is 36.2 Å². The number of aryl methyl sites for hydroxylation is 1. The molecular formula is C12H21Cl2N3OS. The Kier molecular flexibility index (Phi) is 8.57. The molecule has 1 amide bonds. The van der Waals surface area contributed by atoms with Crippen molar-refractivity contribution in [1.82, 2.24) is 9.88 Å². The third-order valence-electron chi connectivity index (χ3n) is 3.21. The van der Waals surface area contributed by atoms with Gasteiger partial charge >= 0.3 is 0 Å². The molecular weight excluding hydrogens is 305 g/mol. The van der Waals surface area contributed by atoms with Crippen molar-refractivity contribution in [1.29, 1.82) is 0 Å². The lowest BCUT2D eigenvalue weighted by molar-refractivity contribution is -0.129. The molecule has 0 aliphatic carbocycles. The summed E-state index contributed by atoms with van der Waals surface area (Å²) in [6, 6.07) is 0. The van der Waals surface area contributed by atoms with E-state index in [1.54, 1.807) is 11.3 Å². The number of carbonyl (C=O) groups excluding carboxylic acids is 1. The van der Waals surface area contributed by atoms with Gasteiger partial charge in [0.05, 0.1) is 17.1 Å². The van der Waals surface area contributed by atoms with Gasteiger partial charge in [0, 0.05) is 18.5 Å². The highest BCUT2D eigenvalue weighted by molar-refractivity contribution is 7.09. The summed E-state index contributed by atoms with van der Waals surface area (Å²) in [5.74, 6) is 0.675. The zero-order valence-corrected chi connectivity index (χ0v) is 13.5. The van der Waals surface area contributed by atoms with Gasteiger partial charge in [-0.05, 0) is 25.3 Å². The van der Waals surface area contributed by atoms with Crippen LogP contribution in [0.25, 0.3) is 0 Å². The molecule has 110 valence electrons. The number of hydrogen-bond donors (Lipinski definition) is 1. The number of amides is 1. The number of likely N-dealkylation sites (tertiary alicyclic amines) is 1. The number of carbonyl (C=O) groups is 1. The quantitative estimate of drug-likeness (QED) is 0.919. The fraction of sp³-hybridized carbons (Fsp3) is 0.667. The van der Waals surface area contributed by atoms with E-state index in [1.807, 2.05) is 10.3 Å². The van der Waals surface area contributed by atoms with E-state index in [4.69, 9.17) is 5.73 Å². The minimum Gasteiger partial charge on any atom is -0.342 e. The van der Waals surface area contributed by atoms with Crippen molar-refractivity contribution in [2.24, 2.45) is 11.7 Å². The zero-order chi connectivity index (χ0) is 12.3. The lowest BCUT2D eigenvalue weighted by Gasteiger charge is -2.15. The van der Waals surface area contributed by atoms with Crippen LogP contribution in [0, 0.1) is 5.92 Å².